The van der Waals surface area contributed by atoms with Gasteiger partial charge in [-0.05, 0) is 6.07 Å². The first-order valence-electron chi connectivity index (χ1n) is 5.24. The van der Waals surface area contributed by atoms with Crippen LogP contribution in [0.2, 0.25) is 0 Å². The number of hydrogen-bond donors (Lipinski definition) is 2. The first kappa shape index (κ1) is 15.8. The van der Waals surface area contributed by atoms with Crippen molar-refractivity contribution in [2.24, 2.45) is 0 Å². The van der Waals surface area contributed by atoms with Gasteiger partial charge >= 0.3 is 5.97 Å². The Labute approximate surface area is 113 Å². The summed E-state index contributed by atoms with van der Waals surface area (Å²) >= 11 is 0. The summed E-state index contributed by atoms with van der Waals surface area (Å²) in [6, 6.07) is 1.24. The van der Waals surface area contributed by atoms with Gasteiger partial charge < -0.3 is 10.4 Å². The Morgan fingerprint density at radius 3 is 2.55 bits per heavy atom. The maximum atomic E-state index is 13.3. The highest BCUT2D eigenvalue weighted by atomic mass is 32.2. The molecule has 10 heteroatoms. The molecule has 0 spiro atoms. The molecule has 20 heavy (non-hydrogen) atoms. The molecule has 1 aromatic carbocycles. The third kappa shape index (κ3) is 4.16. The molecule has 0 amide bonds. The number of nitrogens with zero attached hydrogens (tertiary/aromatic N) is 1. The zero-order chi connectivity index (χ0) is 15.5. The minimum absolute atomic E-state index is 0.162. The van der Waals surface area contributed by atoms with Crippen LogP contribution in [0.25, 0.3) is 0 Å². The van der Waals surface area contributed by atoms with Gasteiger partial charge in [0, 0.05) is 12.8 Å². The second-order valence-corrected chi connectivity index (χ2v) is 6.23. The van der Waals surface area contributed by atoms with Crippen LogP contribution in [0.15, 0.2) is 12.1 Å². The van der Waals surface area contributed by atoms with Crippen LogP contribution in [0.1, 0.15) is 10.4 Å². The Hall–Kier alpha value is -2.23. The molecule has 8 nitrogen and oxygen atoms in total. The smallest absolute Gasteiger partial charge is 0.338 e. The number of carboxylic acid groups (broad SMARTS) is 1. The van der Waals surface area contributed by atoms with E-state index in [0.29, 0.717) is 6.07 Å². The summed E-state index contributed by atoms with van der Waals surface area (Å²) in [6.07, 6.45) is 0.983. The number of nitro groups is 1. The molecule has 1 aromatic rings. The SMILES string of the molecule is CS(=O)(=O)CCNc1cc(C(=O)O)c(F)cc1[N+](=O)[O-]. The molecule has 0 unspecified atom stereocenters. The monoisotopic (exact) mass is 306 g/mol. The van der Waals surface area contributed by atoms with Crippen molar-refractivity contribution in [3.8, 4) is 0 Å². The molecule has 0 fully saturated rings. The van der Waals surface area contributed by atoms with Gasteiger partial charge in [-0.1, -0.05) is 0 Å². The van der Waals surface area contributed by atoms with Crippen molar-refractivity contribution in [2.75, 3.05) is 23.9 Å². The van der Waals surface area contributed by atoms with Crippen molar-refractivity contribution in [1.29, 1.82) is 0 Å². The Bertz CT molecular complexity index is 658. The summed E-state index contributed by atoms with van der Waals surface area (Å²) in [5, 5.41) is 21.9. The molecule has 110 valence electrons. The molecule has 0 radical (unpaired) electrons. The number of halogens is 1. The first-order valence-corrected chi connectivity index (χ1v) is 7.30. The summed E-state index contributed by atoms with van der Waals surface area (Å²) in [5.41, 5.74) is -1.66. The number of carboxylic acids is 1. The number of carbonyl (C=O) groups is 1. The molecule has 0 saturated carbocycles. The van der Waals surface area contributed by atoms with Gasteiger partial charge in [-0.25, -0.2) is 17.6 Å². The molecular weight excluding hydrogens is 295 g/mol. The lowest BCUT2D eigenvalue weighted by Gasteiger charge is -2.08. The normalized spacial score (nSPS) is 11.1. The Kier molecular flexibility index (Phi) is 4.61. The molecule has 0 aliphatic carbocycles. The number of aromatic carboxylic acids is 1. The molecule has 0 bridgehead atoms. The fourth-order valence-corrected chi connectivity index (χ4v) is 1.86. The number of nitro benzene ring substituents is 1. The molecule has 0 saturated heterocycles. The Balaban J connectivity index is 3.11. The fraction of sp³-hybridized carbons (Fsp3) is 0.300. The van der Waals surface area contributed by atoms with E-state index in [0.717, 1.165) is 12.3 Å². The molecule has 1 rings (SSSR count). The van der Waals surface area contributed by atoms with Crippen molar-refractivity contribution >= 4 is 27.2 Å². The van der Waals surface area contributed by atoms with Crippen molar-refractivity contribution in [3.63, 3.8) is 0 Å². The Morgan fingerprint density at radius 1 is 1.50 bits per heavy atom. The third-order valence-electron chi connectivity index (χ3n) is 2.30. The molecule has 2 N–H and O–H groups in total. The fourth-order valence-electron chi connectivity index (χ4n) is 1.39. The standard InChI is InChI=1S/C10H11FN2O6S/c1-20(18,19)3-2-12-8-4-6(10(14)15)7(11)5-9(8)13(16)17/h4-5,12H,2-3H2,1H3,(H,14,15). The highest BCUT2D eigenvalue weighted by Gasteiger charge is 2.21. The first-order chi connectivity index (χ1) is 9.11. The van der Waals surface area contributed by atoms with Gasteiger partial charge in [0.1, 0.15) is 21.3 Å². The number of hydrogen-bond acceptors (Lipinski definition) is 6. The largest absolute Gasteiger partial charge is 0.478 e. The second-order valence-electron chi connectivity index (χ2n) is 3.97. The number of anilines is 1. The maximum Gasteiger partial charge on any atom is 0.338 e. The minimum atomic E-state index is -3.28. The number of rotatable bonds is 6. The molecule has 0 aliphatic rings. The predicted octanol–water partition coefficient (Wildman–Crippen LogP) is 0.889. The van der Waals surface area contributed by atoms with Crippen LogP contribution >= 0.6 is 0 Å². The van der Waals surface area contributed by atoms with Crippen LogP contribution in [-0.4, -0.2) is 43.0 Å². The van der Waals surface area contributed by atoms with Gasteiger partial charge in [-0.15, -0.1) is 0 Å². The summed E-state index contributed by atoms with van der Waals surface area (Å²) < 4.78 is 35.2. The average molecular weight is 306 g/mol. The van der Waals surface area contributed by atoms with E-state index in [9.17, 15) is 27.7 Å². The lowest BCUT2D eigenvalue weighted by Crippen LogP contribution is -2.15. The van der Waals surface area contributed by atoms with Crippen LogP contribution in [0, 0.1) is 15.9 Å². The lowest BCUT2D eigenvalue weighted by molar-refractivity contribution is -0.384. The van der Waals surface area contributed by atoms with E-state index < -0.39 is 37.8 Å². The van der Waals surface area contributed by atoms with Gasteiger partial charge in [-0.3, -0.25) is 10.1 Å². The van der Waals surface area contributed by atoms with Gasteiger partial charge in [0.2, 0.25) is 0 Å². The third-order valence-corrected chi connectivity index (χ3v) is 3.25. The molecule has 0 aromatic heterocycles. The van der Waals surface area contributed by atoms with Crippen molar-refractivity contribution in [3.05, 3.63) is 33.6 Å². The van der Waals surface area contributed by atoms with Gasteiger partial charge in [0.05, 0.1) is 22.3 Å². The van der Waals surface area contributed by atoms with E-state index in [4.69, 9.17) is 5.11 Å². The minimum Gasteiger partial charge on any atom is -0.478 e. The number of sulfone groups is 1. The molecular formula is C10H11FN2O6S. The second kappa shape index (κ2) is 5.82. The number of nitrogens with one attached hydrogen (secondary N) is 1. The topological polar surface area (TPSA) is 127 Å². The van der Waals surface area contributed by atoms with Gasteiger partial charge in [0.25, 0.3) is 5.69 Å². The summed E-state index contributed by atoms with van der Waals surface area (Å²) in [7, 11) is -3.28. The molecule has 0 heterocycles. The quantitative estimate of drug-likeness (QED) is 0.590. The van der Waals surface area contributed by atoms with Crippen molar-refractivity contribution in [1.82, 2.24) is 0 Å². The highest BCUT2D eigenvalue weighted by molar-refractivity contribution is 7.90. The van der Waals surface area contributed by atoms with Gasteiger partial charge in [0.15, 0.2) is 0 Å². The predicted molar refractivity (Wildman–Crippen MR) is 68.2 cm³/mol. The summed E-state index contributed by atoms with van der Waals surface area (Å²) in [5.74, 6) is -3.12. The Morgan fingerprint density at radius 2 is 2.10 bits per heavy atom. The molecule has 0 aliphatic heterocycles. The van der Waals surface area contributed by atoms with E-state index in [1.807, 2.05) is 0 Å². The number of benzene rings is 1. The van der Waals surface area contributed by atoms with Crippen LogP contribution in [0.3, 0.4) is 0 Å². The van der Waals surface area contributed by atoms with Crippen molar-refractivity contribution < 1.29 is 27.6 Å². The lowest BCUT2D eigenvalue weighted by atomic mass is 10.1. The van der Waals surface area contributed by atoms with Crippen molar-refractivity contribution in [2.45, 2.75) is 0 Å². The summed E-state index contributed by atoms with van der Waals surface area (Å²) in [4.78, 5) is 20.6. The van der Waals surface area contributed by atoms with E-state index in [1.165, 1.54) is 0 Å². The van der Waals surface area contributed by atoms with E-state index in [2.05, 4.69) is 5.32 Å². The summed E-state index contributed by atoms with van der Waals surface area (Å²) in [6.45, 7) is -0.162. The van der Waals surface area contributed by atoms with Crippen LogP contribution in [-0.2, 0) is 9.84 Å². The van der Waals surface area contributed by atoms with Crippen LogP contribution < -0.4 is 5.32 Å². The van der Waals surface area contributed by atoms with Crippen LogP contribution in [0.4, 0.5) is 15.8 Å². The average Bonchev–Trinajstić information content (AvgIpc) is 2.28. The van der Waals surface area contributed by atoms with Crippen LogP contribution in [0.5, 0.6) is 0 Å². The maximum absolute atomic E-state index is 13.3. The zero-order valence-corrected chi connectivity index (χ0v) is 11.1. The van der Waals surface area contributed by atoms with E-state index in [-0.39, 0.29) is 18.0 Å². The van der Waals surface area contributed by atoms with E-state index >= 15 is 0 Å². The van der Waals surface area contributed by atoms with E-state index in [1.54, 1.807) is 0 Å². The van der Waals surface area contributed by atoms with Gasteiger partial charge in [-0.2, -0.15) is 0 Å². The highest BCUT2D eigenvalue weighted by Crippen LogP contribution is 2.27. The molecule has 0 atom stereocenters. The zero-order valence-electron chi connectivity index (χ0n) is 10.3.